The van der Waals surface area contributed by atoms with Crippen LogP contribution in [0.15, 0.2) is 24.3 Å². The van der Waals surface area contributed by atoms with Gasteiger partial charge in [0.25, 0.3) is 0 Å². The molecule has 0 aromatic heterocycles. The van der Waals surface area contributed by atoms with Crippen molar-refractivity contribution < 1.29 is 14.6 Å². The van der Waals surface area contributed by atoms with Crippen LogP contribution in [0.1, 0.15) is 26.3 Å². The predicted octanol–water partition coefficient (Wildman–Crippen LogP) is 3.06. The summed E-state index contributed by atoms with van der Waals surface area (Å²) in [6.45, 7) is 5.09. The van der Waals surface area contributed by atoms with Crippen molar-refractivity contribution >= 4 is 17.6 Å². The third kappa shape index (κ3) is 2.54. The zero-order valence-corrected chi connectivity index (χ0v) is 10.3. The maximum Gasteiger partial charge on any atom is 0.340 e. The van der Waals surface area contributed by atoms with Gasteiger partial charge in [-0.25, -0.2) is 4.79 Å². The predicted molar refractivity (Wildman–Crippen MR) is 62.7 cm³/mol. The minimum Gasteiger partial charge on any atom is -0.479 e. The van der Waals surface area contributed by atoms with Crippen LogP contribution in [0, 0.1) is 0 Å². The van der Waals surface area contributed by atoms with Crippen LogP contribution >= 0.6 is 11.6 Å². The van der Waals surface area contributed by atoms with Crippen LogP contribution in [-0.2, 0) is 15.1 Å². The van der Waals surface area contributed by atoms with Gasteiger partial charge < -0.3 is 9.84 Å². The summed E-state index contributed by atoms with van der Waals surface area (Å²) in [5.41, 5.74) is -0.940. The molecule has 1 aromatic rings. The van der Waals surface area contributed by atoms with Crippen LogP contribution in [0.2, 0.25) is 5.02 Å². The number of aliphatic carboxylic acids is 1. The summed E-state index contributed by atoms with van der Waals surface area (Å²) in [7, 11) is 0. The molecule has 1 rings (SSSR count). The third-order valence-electron chi connectivity index (χ3n) is 2.27. The first kappa shape index (κ1) is 13.0. The Kier molecular flexibility index (Phi) is 3.94. The van der Waals surface area contributed by atoms with Crippen molar-refractivity contribution in [2.24, 2.45) is 0 Å². The second-order valence-corrected chi connectivity index (χ2v) is 4.39. The summed E-state index contributed by atoms with van der Waals surface area (Å²) >= 11 is 5.99. The van der Waals surface area contributed by atoms with Gasteiger partial charge in [-0.3, -0.25) is 0 Å². The van der Waals surface area contributed by atoms with Crippen molar-refractivity contribution in [3.8, 4) is 0 Å². The molecule has 0 heterocycles. The quantitative estimate of drug-likeness (QED) is 0.883. The van der Waals surface area contributed by atoms with Gasteiger partial charge in [-0.05, 0) is 26.8 Å². The molecule has 4 heteroatoms. The Hall–Kier alpha value is -1.06. The van der Waals surface area contributed by atoms with E-state index in [1.807, 2.05) is 0 Å². The number of ether oxygens (including phenoxy) is 1. The zero-order chi connectivity index (χ0) is 12.3. The number of carboxylic acids is 1. The summed E-state index contributed by atoms with van der Waals surface area (Å²) in [6, 6.07) is 6.82. The molecule has 1 N–H and O–H groups in total. The maximum absolute atomic E-state index is 11.3. The Morgan fingerprint density at radius 3 is 2.44 bits per heavy atom. The molecule has 1 atom stereocenters. The fourth-order valence-corrected chi connectivity index (χ4v) is 1.86. The average Bonchev–Trinajstić information content (AvgIpc) is 2.16. The second-order valence-electron chi connectivity index (χ2n) is 3.98. The van der Waals surface area contributed by atoms with E-state index >= 15 is 0 Å². The van der Waals surface area contributed by atoms with Gasteiger partial charge in [0.15, 0.2) is 5.60 Å². The van der Waals surface area contributed by atoms with E-state index in [1.165, 1.54) is 6.92 Å². The molecule has 1 unspecified atom stereocenters. The number of carbonyl (C=O) groups is 1. The van der Waals surface area contributed by atoms with Crippen molar-refractivity contribution in [1.29, 1.82) is 0 Å². The summed E-state index contributed by atoms with van der Waals surface area (Å²) in [5.74, 6) is -1.05. The van der Waals surface area contributed by atoms with E-state index in [0.717, 1.165) is 0 Å². The van der Waals surface area contributed by atoms with E-state index in [0.29, 0.717) is 10.6 Å². The van der Waals surface area contributed by atoms with Crippen molar-refractivity contribution in [1.82, 2.24) is 0 Å². The molecule has 0 aliphatic rings. The first-order valence-electron chi connectivity index (χ1n) is 5.04. The molecule has 3 nitrogen and oxygen atoms in total. The molecule has 0 saturated heterocycles. The minimum absolute atomic E-state index is 0.197. The lowest BCUT2D eigenvalue weighted by atomic mass is 9.95. The molecular weight excluding hydrogens is 228 g/mol. The van der Waals surface area contributed by atoms with Crippen molar-refractivity contribution in [2.75, 3.05) is 0 Å². The lowest BCUT2D eigenvalue weighted by molar-refractivity contribution is -0.170. The van der Waals surface area contributed by atoms with E-state index in [1.54, 1.807) is 38.1 Å². The summed E-state index contributed by atoms with van der Waals surface area (Å²) in [5, 5.41) is 9.67. The molecule has 0 fully saturated rings. The molecule has 0 bridgehead atoms. The second kappa shape index (κ2) is 4.85. The number of rotatable bonds is 4. The number of hydrogen-bond donors (Lipinski definition) is 1. The molecule has 0 spiro atoms. The van der Waals surface area contributed by atoms with Gasteiger partial charge in [0.1, 0.15) is 0 Å². The van der Waals surface area contributed by atoms with Crippen LogP contribution in [0.4, 0.5) is 0 Å². The number of hydrogen-bond acceptors (Lipinski definition) is 2. The van der Waals surface area contributed by atoms with Gasteiger partial charge in [0, 0.05) is 10.6 Å². The van der Waals surface area contributed by atoms with Gasteiger partial charge in [-0.1, -0.05) is 29.8 Å². The smallest absolute Gasteiger partial charge is 0.340 e. The average molecular weight is 243 g/mol. The first-order valence-corrected chi connectivity index (χ1v) is 5.42. The largest absolute Gasteiger partial charge is 0.479 e. The lowest BCUT2D eigenvalue weighted by Gasteiger charge is -2.28. The minimum atomic E-state index is -1.41. The molecular formula is C12H15ClO3. The van der Waals surface area contributed by atoms with Gasteiger partial charge in [-0.15, -0.1) is 0 Å². The highest BCUT2D eigenvalue weighted by Crippen LogP contribution is 2.32. The van der Waals surface area contributed by atoms with E-state index in [-0.39, 0.29) is 6.10 Å². The Bertz CT molecular complexity index is 390. The standard InChI is InChI=1S/C12H15ClO3/c1-8(2)16-12(3,11(14)15)9-6-4-5-7-10(9)13/h4-8H,1-3H3,(H,14,15). The summed E-state index contributed by atoms with van der Waals surface area (Å²) in [4.78, 5) is 11.3. The molecule has 0 aliphatic heterocycles. The van der Waals surface area contributed by atoms with Gasteiger partial charge in [-0.2, -0.15) is 0 Å². The molecule has 16 heavy (non-hydrogen) atoms. The Morgan fingerprint density at radius 1 is 1.44 bits per heavy atom. The van der Waals surface area contributed by atoms with Gasteiger partial charge in [0.2, 0.25) is 0 Å². The van der Waals surface area contributed by atoms with Crippen LogP contribution in [-0.4, -0.2) is 17.2 Å². The molecule has 0 aliphatic carbocycles. The van der Waals surface area contributed by atoms with E-state index in [2.05, 4.69) is 0 Å². The lowest BCUT2D eigenvalue weighted by Crippen LogP contribution is -2.38. The normalized spacial score (nSPS) is 14.8. The van der Waals surface area contributed by atoms with Crippen LogP contribution in [0.3, 0.4) is 0 Å². The van der Waals surface area contributed by atoms with Gasteiger partial charge in [0.05, 0.1) is 6.10 Å². The fraction of sp³-hybridized carbons (Fsp3) is 0.417. The Morgan fingerprint density at radius 2 is 2.00 bits per heavy atom. The highest BCUT2D eigenvalue weighted by Gasteiger charge is 2.38. The van der Waals surface area contributed by atoms with E-state index < -0.39 is 11.6 Å². The highest BCUT2D eigenvalue weighted by atomic mass is 35.5. The van der Waals surface area contributed by atoms with Crippen molar-refractivity contribution in [3.63, 3.8) is 0 Å². The number of benzene rings is 1. The van der Waals surface area contributed by atoms with E-state index in [4.69, 9.17) is 16.3 Å². The Labute approximate surface area is 100.0 Å². The fourth-order valence-electron chi connectivity index (χ4n) is 1.55. The molecule has 0 radical (unpaired) electrons. The number of carboxylic acid groups (broad SMARTS) is 1. The van der Waals surface area contributed by atoms with Gasteiger partial charge >= 0.3 is 5.97 Å². The van der Waals surface area contributed by atoms with Crippen LogP contribution < -0.4 is 0 Å². The molecule has 1 aromatic carbocycles. The molecule has 0 amide bonds. The molecule has 88 valence electrons. The third-order valence-corrected chi connectivity index (χ3v) is 2.60. The van der Waals surface area contributed by atoms with E-state index in [9.17, 15) is 9.90 Å². The van der Waals surface area contributed by atoms with Crippen molar-refractivity contribution in [2.45, 2.75) is 32.5 Å². The Balaban J connectivity index is 3.22. The van der Waals surface area contributed by atoms with Crippen LogP contribution in [0.5, 0.6) is 0 Å². The van der Waals surface area contributed by atoms with Crippen molar-refractivity contribution in [3.05, 3.63) is 34.9 Å². The summed E-state index contributed by atoms with van der Waals surface area (Å²) in [6.07, 6.45) is -0.197. The first-order chi connectivity index (χ1) is 7.38. The summed E-state index contributed by atoms with van der Waals surface area (Å²) < 4.78 is 5.48. The SMILES string of the molecule is CC(C)OC(C)(C(=O)O)c1ccccc1Cl. The topological polar surface area (TPSA) is 46.5 Å². The zero-order valence-electron chi connectivity index (χ0n) is 9.53. The van der Waals surface area contributed by atoms with Crippen LogP contribution in [0.25, 0.3) is 0 Å². The number of halogens is 1. The molecule has 0 saturated carbocycles. The highest BCUT2D eigenvalue weighted by molar-refractivity contribution is 6.31. The maximum atomic E-state index is 11.3. The monoisotopic (exact) mass is 242 g/mol.